The van der Waals surface area contributed by atoms with Crippen LogP contribution in [0.5, 0.6) is 0 Å². The molecule has 1 aromatic carbocycles. The van der Waals surface area contributed by atoms with E-state index in [2.05, 4.69) is 31.4 Å². The standard InChI is InChI=1S/C10H7BrF2N4O/c11-4-1-6(13)8(2-5(4)12)16-10(18)9-7(14)3-15-17-9/h1-3H,14H2,(H,15,17)(H,16,18). The Balaban J connectivity index is 2.28. The van der Waals surface area contributed by atoms with E-state index in [0.717, 1.165) is 12.1 Å². The summed E-state index contributed by atoms with van der Waals surface area (Å²) in [5.41, 5.74) is 5.27. The Morgan fingerprint density at radius 2 is 2.11 bits per heavy atom. The lowest BCUT2D eigenvalue weighted by molar-refractivity contribution is 0.102. The Hall–Kier alpha value is -1.96. The predicted molar refractivity (Wildman–Crippen MR) is 65.0 cm³/mol. The number of nitrogens with zero attached hydrogens (tertiary/aromatic N) is 1. The molecule has 0 saturated carbocycles. The average molecular weight is 317 g/mol. The lowest BCUT2D eigenvalue weighted by atomic mass is 10.2. The van der Waals surface area contributed by atoms with Crippen LogP contribution in [0.4, 0.5) is 20.2 Å². The smallest absolute Gasteiger partial charge is 0.275 e. The number of nitrogens with two attached hydrogens (primary N) is 1. The molecule has 0 bridgehead atoms. The highest BCUT2D eigenvalue weighted by atomic mass is 79.9. The summed E-state index contributed by atoms with van der Waals surface area (Å²) in [6.45, 7) is 0. The van der Waals surface area contributed by atoms with Gasteiger partial charge in [0.1, 0.15) is 17.3 Å². The van der Waals surface area contributed by atoms with E-state index < -0.39 is 17.5 Å². The molecule has 0 aliphatic carbocycles. The Morgan fingerprint density at radius 1 is 1.39 bits per heavy atom. The van der Waals surface area contributed by atoms with Gasteiger partial charge in [-0.05, 0) is 22.0 Å². The van der Waals surface area contributed by atoms with Crippen molar-refractivity contribution in [2.45, 2.75) is 0 Å². The van der Waals surface area contributed by atoms with Crippen molar-refractivity contribution < 1.29 is 13.6 Å². The number of rotatable bonds is 2. The van der Waals surface area contributed by atoms with Crippen LogP contribution in [-0.4, -0.2) is 16.1 Å². The molecule has 0 spiro atoms. The predicted octanol–water partition coefficient (Wildman–Crippen LogP) is 2.28. The number of benzene rings is 1. The van der Waals surface area contributed by atoms with Crippen LogP contribution < -0.4 is 11.1 Å². The van der Waals surface area contributed by atoms with Crippen molar-refractivity contribution in [2.75, 3.05) is 11.1 Å². The van der Waals surface area contributed by atoms with E-state index in [1.54, 1.807) is 0 Å². The van der Waals surface area contributed by atoms with E-state index in [1.807, 2.05) is 0 Å². The summed E-state index contributed by atoms with van der Waals surface area (Å²) in [5, 5.41) is 8.11. The van der Waals surface area contributed by atoms with Crippen LogP contribution >= 0.6 is 15.9 Å². The Morgan fingerprint density at radius 3 is 2.72 bits per heavy atom. The number of aromatic nitrogens is 2. The van der Waals surface area contributed by atoms with Crippen molar-refractivity contribution in [1.29, 1.82) is 0 Å². The zero-order chi connectivity index (χ0) is 13.3. The van der Waals surface area contributed by atoms with Crippen LogP contribution in [0.2, 0.25) is 0 Å². The molecule has 0 unspecified atom stereocenters. The molecule has 8 heteroatoms. The number of carbonyl (C=O) groups is 1. The normalized spacial score (nSPS) is 10.4. The Bertz CT molecular complexity index is 614. The van der Waals surface area contributed by atoms with Crippen molar-refractivity contribution in [3.63, 3.8) is 0 Å². The highest BCUT2D eigenvalue weighted by molar-refractivity contribution is 9.10. The molecule has 0 fully saturated rings. The minimum atomic E-state index is -0.769. The fourth-order valence-corrected chi connectivity index (χ4v) is 1.60. The maximum absolute atomic E-state index is 13.5. The lowest BCUT2D eigenvalue weighted by Gasteiger charge is -2.06. The lowest BCUT2D eigenvalue weighted by Crippen LogP contribution is -2.15. The summed E-state index contributed by atoms with van der Waals surface area (Å²) < 4.78 is 26.7. The zero-order valence-corrected chi connectivity index (χ0v) is 10.4. The van der Waals surface area contributed by atoms with E-state index in [-0.39, 0.29) is 21.5 Å². The summed E-state index contributed by atoms with van der Waals surface area (Å²) in [5.74, 6) is -2.16. The molecule has 0 radical (unpaired) electrons. The summed E-state index contributed by atoms with van der Waals surface area (Å²) in [4.78, 5) is 11.7. The third-order valence-corrected chi connectivity index (χ3v) is 2.76. The molecule has 1 aromatic heterocycles. The van der Waals surface area contributed by atoms with Crippen LogP contribution in [0.1, 0.15) is 10.5 Å². The molecule has 18 heavy (non-hydrogen) atoms. The highest BCUT2D eigenvalue weighted by Gasteiger charge is 2.15. The van der Waals surface area contributed by atoms with Gasteiger partial charge in [-0.25, -0.2) is 8.78 Å². The number of nitrogens with one attached hydrogen (secondary N) is 2. The number of hydrogen-bond acceptors (Lipinski definition) is 3. The van der Waals surface area contributed by atoms with E-state index >= 15 is 0 Å². The summed E-state index contributed by atoms with van der Waals surface area (Å²) in [6, 6.07) is 1.78. The maximum Gasteiger partial charge on any atom is 0.275 e. The van der Waals surface area contributed by atoms with Crippen LogP contribution in [-0.2, 0) is 0 Å². The number of carbonyl (C=O) groups excluding carboxylic acids is 1. The van der Waals surface area contributed by atoms with E-state index in [9.17, 15) is 13.6 Å². The second kappa shape index (κ2) is 4.73. The highest BCUT2D eigenvalue weighted by Crippen LogP contribution is 2.24. The first-order chi connectivity index (χ1) is 8.49. The SMILES string of the molecule is Nc1cn[nH]c1C(=O)Nc1cc(F)c(Br)cc1F. The van der Waals surface area contributed by atoms with Crippen molar-refractivity contribution in [3.05, 3.63) is 40.1 Å². The van der Waals surface area contributed by atoms with Gasteiger partial charge < -0.3 is 11.1 Å². The Kier molecular flexibility index (Phi) is 3.28. The topological polar surface area (TPSA) is 83.8 Å². The minimum absolute atomic E-state index is 0.0160. The zero-order valence-electron chi connectivity index (χ0n) is 8.80. The van der Waals surface area contributed by atoms with Crippen LogP contribution in [0.15, 0.2) is 22.8 Å². The van der Waals surface area contributed by atoms with Gasteiger partial charge in [-0.1, -0.05) is 0 Å². The van der Waals surface area contributed by atoms with Crippen LogP contribution in [0, 0.1) is 11.6 Å². The van der Waals surface area contributed by atoms with Crippen LogP contribution in [0.25, 0.3) is 0 Å². The van der Waals surface area contributed by atoms with Gasteiger partial charge in [0.2, 0.25) is 0 Å². The van der Waals surface area contributed by atoms with Gasteiger partial charge in [0.15, 0.2) is 0 Å². The molecular weight excluding hydrogens is 310 g/mol. The average Bonchev–Trinajstić information content (AvgIpc) is 2.72. The number of anilines is 2. The molecule has 1 heterocycles. The van der Waals surface area contributed by atoms with E-state index in [4.69, 9.17) is 5.73 Å². The van der Waals surface area contributed by atoms with Gasteiger partial charge in [0, 0.05) is 6.07 Å². The largest absolute Gasteiger partial charge is 0.396 e. The number of aromatic amines is 1. The first-order valence-corrected chi connectivity index (χ1v) is 5.53. The van der Waals surface area contributed by atoms with Gasteiger partial charge in [0.05, 0.1) is 22.0 Å². The van der Waals surface area contributed by atoms with Crippen molar-refractivity contribution in [1.82, 2.24) is 10.2 Å². The fourth-order valence-electron chi connectivity index (χ4n) is 1.28. The molecule has 1 amide bonds. The van der Waals surface area contributed by atoms with Crippen LogP contribution in [0.3, 0.4) is 0 Å². The van der Waals surface area contributed by atoms with Gasteiger partial charge in [0.25, 0.3) is 5.91 Å². The van der Waals surface area contributed by atoms with Crippen molar-refractivity contribution in [2.24, 2.45) is 0 Å². The maximum atomic E-state index is 13.5. The number of amides is 1. The molecule has 94 valence electrons. The number of halogens is 3. The number of hydrogen-bond donors (Lipinski definition) is 3. The second-order valence-corrected chi connectivity index (χ2v) is 4.25. The molecule has 4 N–H and O–H groups in total. The quantitative estimate of drug-likeness (QED) is 0.743. The summed E-state index contributed by atoms with van der Waals surface area (Å²) in [6.07, 6.45) is 1.24. The number of H-pyrrole nitrogens is 1. The molecule has 0 atom stereocenters. The van der Waals surface area contributed by atoms with Gasteiger partial charge >= 0.3 is 0 Å². The third kappa shape index (κ3) is 2.33. The second-order valence-electron chi connectivity index (χ2n) is 3.40. The molecule has 2 aromatic rings. The molecule has 2 rings (SSSR count). The van der Waals surface area contributed by atoms with E-state index in [1.165, 1.54) is 6.20 Å². The summed E-state index contributed by atoms with van der Waals surface area (Å²) in [7, 11) is 0. The summed E-state index contributed by atoms with van der Waals surface area (Å²) >= 11 is 2.83. The van der Waals surface area contributed by atoms with Gasteiger partial charge in [-0.3, -0.25) is 9.89 Å². The molecule has 5 nitrogen and oxygen atoms in total. The van der Waals surface area contributed by atoms with Crippen molar-refractivity contribution in [3.8, 4) is 0 Å². The third-order valence-electron chi connectivity index (χ3n) is 2.15. The van der Waals surface area contributed by atoms with Gasteiger partial charge in [-0.2, -0.15) is 5.10 Å². The molecule has 0 aliphatic heterocycles. The molecule has 0 aliphatic rings. The fraction of sp³-hybridized carbons (Fsp3) is 0. The number of nitrogen functional groups attached to an aromatic ring is 1. The van der Waals surface area contributed by atoms with Crippen molar-refractivity contribution >= 4 is 33.2 Å². The minimum Gasteiger partial charge on any atom is -0.396 e. The van der Waals surface area contributed by atoms with E-state index in [0.29, 0.717) is 0 Å². The Labute approximate surface area is 109 Å². The van der Waals surface area contributed by atoms with Gasteiger partial charge in [-0.15, -0.1) is 0 Å². The molecule has 0 saturated heterocycles. The first kappa shape index (κ1) is 12.5. The first-order valence-electron chi connectivity index (χ1n) is 4.73. The molecular formula is C10H7BrF2N4O. The monoisotopic (exact) mass is 316 g/mol.